The second-order valence-electron chi connectivity index (χ2n) is 4.72. The Bertz CT molecular complexity index is 227. The van der Waals surface area contributed by atoms with Crippen LogP contribution in [0.1, 0.15) is 33.6 Å². The van der Waals surface area contributed by atoms with Crippen molar-refractivity contribution in [2.75, 3.05) is 32.8 Å². The molecule has 4 nitrogen and oxygen atoms in total. The molecule has 1 fully saturated rings. The normalized spacial score (nSPS) is 21.5. The maximum atomic E-state index is 12.2. The Labute approximate surface area is 105 Å². The highest BCUT2D eigenvalue weighted by Gasteiger charge is 2.24. The van der Waals surface area contributed by atoms with Crippen molar-refractivity contribution in [2.45, 2.75) is 39.7 Å². The number of amides is 1. The Balaban J connectivity index is 2.39. The number of ether oxygens (including phenoxy) is 1. The molecule has 100 valence electrons. The molecule has 0 spiro atoms. The van der Waals surface area contributed by atoms with Crippen LogP contribution in [0, 0.1) is 5.92 Å². The molecule has 0 radical (unpaired) electrons. The van der Waals surface area contributed by atoms with E-state index in [4.69, 9.17) is 4.74 Å². The lowest BCUT2D eigenvalue weighted by Crippen LogP contribution is -2.42. The van der Waals surface area contributed by atoms with Gasteiger partial charge >= 0.3 is 0 Å². The molecule has 0 aromatic heterocycles. The summed E-state index contributed by atoms with van der Waals surface area (Å²) in [7, 11) is 0. The molecule has 2 atom stereocenters. The predicted molar refractivity (Wildman–Crippen MR) is 68.9 cm³/mol. The smallest absolute Gasteiger partial charge is 0.226 e. The number of rotatable bonds is 7. The van der Waals surface area contributed by atoms with Gasteiger partial charge in [-0.05, 0) is 26.3 Å². The third kappa shape index (κ3) is 4.64. The van der Waals surface area contributed by atoms with Crippen LogP contribution < -0.4 is 5.32 Å². The molecule has 0 bridgehead atoms. The van der Waals surface area contributed by atoms with Gasteiger partial charge in [-0.2, -0.15) is 0 Å². The van der Waals surface area contributed by atoms with Crippen LogP contribution in [0.5, 0.6) is 0 Å². The van der Waals surface area contributed by atoms with Gasteiger partial charge in [-0.25, -0.2) is 0 Å². The van der Waals surface area contributed by atoms with E-state index in [0.29, 0.717) is 0 Å². The van der Waals surface area contributed by atoms with Crippen molar-refractivity contribution in [3.8, 4) is 0 Å². The third-order valence-corrected chi connectivity index (χ3v) is 3.26. The molecule has 1 N–H and O–H groups in total. The molecule has 0 aliphatic carbocycles. The van der Waals surface area contributed by atoms with Crippen molar-refractivity contribution in [1.29, 1.82) is 0 Å². The number of hydrogen-bond donors (Lipinski definition) is 1. The van der Waals surface area contributed by atoms with E-state index in [1.165, 1.54) is 0 Å². The summed E-state index contributed by atoms with van der Waals surface area (Å²) >= 11 is 0. The number of hydrogen-bond acceptors (Lipinski definition) is 3. The first-order valence-electron chi connectivity index (χ1n) is 6.80. The van der Waals surface area contributed by atoms with Gasteiger partial charge in [0.05, 0.1) is 6.10 Å². The standard InChI is InChI=1S/C13H26N2O2/c1-4-14-9-11(3)13(16)15(5-2)10-12-7-6-8-17-12/h11-12,14H,4-10H2,1-3H3. The fraction of sp³-hybridized carbons (Fsp3) is 0.923. The SMILES string of the molecule is CCNCC(C)C(=O)N(CC)CC1CCCO1. The Kier molecular flexibility index (Phi) is 6.52. The second-order valence-corrected chi connectivity index (χ2v) is 4.72. The van der Waals surface area contributed by atoms with Crippen LogP contribution in [0.4, 0.5) is 0 Å². The van der Waals surface area contributed by atoms with Crippen molar-refractivity contribution in [3.63, 3.8) is 0 Å². The van der Waals surface area contributed by atoms with Crippen LogP contribution in [0.25, 0.3) is 0 Å². The first-order chi connectivity index (χ1) is 8.19. The van der Waals surface area contributed by atoms with Gasteiger partial charge in [0.25, 0.3) is 0 Å². The van der Waals surface area contributed by atoms with Gasteiger partial charge in [0.1, 0.15) is 0 Å². The Hall–Kier alpha value is -0.610. The van der Waals surface area contributed by atoms with Gasteiger partial charge in [0.2, 0.25) is 5.91 Å². The van der Waals surface area contributed by atoms with E-state index < -0.39 is 0 Å². The number of carbonyl (C=O) groups excluding carboxylic acids is 1. The van der Waals surface area contributed by atoms with Crippen molar-refractivity contribution in [2.24, 2.45) is 5.92 Å². The Morgan fingerprint density at radius 3 is 2.82 bits per heavy atom. The van der Waals surface area contributed by atoms with Crippen molar-refractivity contribution in [1.82, 2.24) is 10.2 Å². The van der Waals surface area contributed by atoms with Crippen LogP contribution in [0.15, 0.2) is 0 Å². The molecule has 0 aromatic rings. The minimum atomic E-state index is 0.0521. The Morgan fingerprint density at radius 1 is 1.53 bits per heavy atom. The third-order valence-electron chi connectivity index (χ3n) is 3.26. The lowest BCUT2D eigenvalue weighted by atomic mass is 10.1. The summed E-state index contributed by atoms with van der Waals surface area (Å²) < 4.78 is 5.59. The van der Waals surface area contributed by atoms with Crippen molar-refractivity contribution < 1.29 is 9.53 Å². The minimum absolute atomic E-state index is 0.0521. The molecule has 0 aromatic carbocycles. The van der Waals surface area contributed by atoms with Gasteiger partial charge in [-0.3, -0.25) is 4.79 Å². The molecular formula is C13H26N2O2. The van der Waals surface area contributed by atoms with Crippen molar-refractivity contribution >= 4 is 5.91 Å². The highest BCUT2D eigenvalue weighted by molar-refractivity contribution is 5.78. The molecule has 1 rings (SSSR count). The highest BCUT2D eigenvalue weighted by Crippen LogP contribution is 2.14. The average molecular weight is 242 g/mol. The fourth-order valence-corrected chi connectivity index (χ4v) is 2.17. The van der Waals surface area contributed by atoms with E-state index in [0.717, 1.165) is 45.6 Å². The first kappa shape index (κ1) is 14.5. The highest BCUT2D eigenvalue weighted by atomic mass is 16.5. The summed E-state index contributed by atoms with van der Waals surface area (Å²) in [4.78, 5) is 14.1. The van der Waals surface area contributed by atoms with Gasteiger partial charge < -0.3 is 15.0 Å². The fourth-order valence-electron chi connectivity index (χ4n) is 2.17. The summed E-state index contributed by atoms with van der Waals surface area (Å²) in [5.74, 6) is 0.292. The molecule has 4 heteroatoms. The van der Waals surface area contributed by atoms with E-state index in [2.05, 4.69) is 12.2 Å². The van der Waals surface area contributed by atoms with E-state index in [9.17, 15) is 4.79 Å². The van der Waals surface area contributed by atoms with Gasteiger partial charge in [-0.1, -0.05) is 13.8 Å². The zero-order valence-electron chi connectivity index (χ0n) is 11.4. The van der Waals surface area contributed by atoms with Crippen molar-refractivity contribution in [3.05, 3.63) is 0 Å². The maximum Gasteiger partial charge on any atom is 0.226 e. The molecule has 1 aliphatic rings. The monoisotopic (exact) mass is 242 g/mol. The largest absolute Gasteiger partial charge is 0.376 e. The molecular weight excluding hydrogens is 216 g/mol. The lowest BCUT2D eigenvalue weighted by molar-refractivity contribution is -0.136. The van der Waals surface area contributed by atoms with E-state index in [1.54, 1.807) is 0 Å². The summed E-state index contributed by atoms with van der Waals surface area (Å²) in [6.07, 6.45) is 2.47. The van der Waals surface area contributed by atoms with Crippen LogP contribution >= 0.6 is 0 Å². The first-order valence-corrected chi connectivity index (χ1v) is 6.80. The summed E-state index contributed by atoms with van der Waals surface area (Å²) in [5, 5.41) is 3.22. The molecule has 1 saturated heterocycles. The number of nitrogens with one attached hydrogen (secondary N) is 1. The summed E-state index contributed by atoms with van der Waals surface area (Å²) in [6.45, 7) is 10.1. The Morgan fingerprint density at radius 2 is 2.29 bits per heavy atom. The summed E-state index contributed by atoms with van der Waals surface area (Å²) in [6, 6.07) is 0. The maximum absolute atomic E-state index is 12.2. The molecule has 1 heterocycles. The van der Waals surface area contributed by atoms with Gasteiger partial charge in [0, 0.05) is 32.2 Å². The van der Waals surface area contributed by atoms with E-state index >= 15 is 0 Å². The number of carbonyl (C=O) groups is 1. The molecule has 2 unspecified atom stereocenters. The zero-order valence-corrected chi connectivity index (χ0v) is 11.4. The summed E-state index contributed by atoms with van der Waals surface area (Å²) in [5.41, 5.74) is 0. The van der Waals surface area contributed by atoms with Crippen LogP contribution in [-0.2, 0) is 9.53 Å². The quantitative estimate of drug-likeness (QED) is 0.731. The van der Waals surface area contributed by atoms with E-state index in [1.807, 2.05) is 18.7 Å². The van der Waals surface area contributed by atoms with Gasteiger partial charge in [0.15, 0.2) is 0 Å². The molecule has 17 heavy (non-hydrogen) atoms. The van der Waals surface area contributed by atoms with Crippen LogP contribution in [0.3, 0.4) is 0 Å². The minimum Gasteiger partial charge on any atom is -0.376 e. The predicted octanol–water partition coefficient (Wildman–Crippen LogP) is 1.26. The van der Waals surface area contributed by atoms with Crippen LogP contribution in [0.2, 0.25) is 0 Å². The molecule has 1 amide bonds. The van der Waals surface area contributed by atoms with E-state index in [-0.39, 0.29) is 17.9 Å². The lowest BCUT2D eigenvalue weighted by Gasteiger charge is -2.27. The zero-order chi connectivity index (χ0) is 12.7. The molecule has 1 aliphatic heterocycles. The average Bonchev–Trinajstić information content (AvgIpc) is 2.84. The number of nitrogens with zero attached hydrogens (tertiary/aromatic N) is 1. The number of likely N-dealkylation sites (N-methyl/N-ethyl adjacent to an activating group) is 1. The molecule has 0 saturated carbocycles. The second kappa shape index (κ2) is 7.67. The van der Waals surface area contributed by atoms with Gasteiger partial charge in [-0.15, -0.1) is 0 Å². The van der Waals surface area contributed by atoms with Crippen LogP contribution in [-0.4, -0.2) is 49.7 Å². The topological polar surface area (TPSA) is 41.6 Å².